The molecule has 0 amide bonds. The molecule has 0 radical (unpaired) electrons. The van der Waals surface area contributed by atoms with Crippen LogP contribution in [0.25, 0.3) is 0 Å². The van der Waals surface area contributed by atoms with E-state index in [1.54, 1.807) is 26.4 Å². The second kappa shape index (κ2) is 6.06. The molecule has 0 bridgehead atoms. The van der Waals surface area contributed by atoms with E-state index in [1.165, 1.54) is 6.08 Å². The minimum absolute atomic E-state index is 0.131. The quantitative estimate of drug-likeness (QED) is 0.472. The zero-order valence-corrected chi connectivity index (χ0v) is 15.2. The van der Waals surface area contributed by atoms with Gasteiger partial charge in [0.15, 0.2) is 5.78 Å². The highest BCUT2D eigenvalue weighted by Crippen LogP contribution is 2.40. The highest BCUT2D eigenvalue weighted by Gasteiger charge is 2.41. The zero-order chi connectivity index (χ0) is 16.4. The van der Waals surface area contributed by atoms with Gasteiger partial charge in [0.25, 0.3) is 0 Å². The SMILES string of the molecule is C=CC(=O)c1cc(OC)c([Si](C)(C)C(C)(C)C)c(OC)c1. The molecule has 0 aliphatic carbocycles. The summed E-state index contributed by atoms with van der Waals surface area (Å²) in [5.41, 5.74) is 0.543. The van der Waals surface area contributed by atoms with Gasteiger partial charge >= 0.3 is 0 Å². The molecule has 1 aromatic rings. The van der Waals surface area contributed by atoms with Crippen LogP contribution in [0.15, 0.2) is 24.8 Å². The second-order valence-corrected chi connectivity index (χ2v) is 11.9. The molecular weight excluding hydrogens is 280 g/mol. The lowest BCUT2D eigenvalue weighted by Crippen LogP contribution is -2.50. The van der Waals surface area contributed by atoms with Crippen molar-refractivity contribution >= 4 is 19.0 Å². The molecule has 0 fully saturated rings. The maximum Gasteiger partial charge on any atom is 0.185 e. The fraction of sp³-hybridized carbons (Fsp3) is 0.471. The number of carbonyl (C=O) groups is 1. The Morgan fingerprint density at radius 1 is 1.14 bits per heavy atom. The van der Waals surface area contributed by atoms with Crippen molar-refractivity contribution in [1.29, 1.82) is 0 Å². The first kappa shape index (κ1) is 17.5. The lowest BCUT2D eigenvalue weighted by molar-refractivity contribution is 0.104. The Balaban J connectivity index is 3.66. The molecular formula is C17H26O3Si. The van der Waals surface area contributed by atoms with E-state index in [2.05, 4.69) is 40.4 Å². The summed E-state index contributed by atoms with van der Waals surface area (Å²) in [5.74, 6) is 1.32. The van der Waals surface area contributed by atoms with Crippen molar-refractivity contribution in [2.45, 2.75) is 38.9 Å². The number of ketones is 1. The van der Waals surface area contributed by atoms with Crippen LogP contribution in [0.3, 0.4) is 0 Å². The molecule has 1 rings (SSSR count). The minimum Gasteiger partial charge on any atom is -0.497 e. The van der Waals surface area contributed by atoms with E-state index in [4.69, 9.17) is 9.47 Å². The monoisotopic (exact) mass is 306 g/mol. The van der Waals surface area contributed by atoms with Gasteiger partial charge in [-0.3, -0.25) is 4.79 Å². The van der Waals surface area contributed by atoms with Crippen LogP contribution in [-0.2, 0) is 0 Å². The van der Waals surface area contributed by atoms with Crippen LogP contribution in [0.4, 0.5) is 0 Å². The molecule has 0 N–H and O–H groups in total. The average molecular weight is 306 g/mol. The summed E-state index contributed by atoms with van der Waals surface area (Å²) < 4.78 is 11.1. The number of ether oxygens (including phenoxy) is 2. The molecule has 116 valence electrons. The van der Waals surface area contributed by atoms with E-state index in [1.807, 2.05) is 0 Å². The van der Waals surface area contributed by atoms with Gasteiger partial charge in [-0.05, 0) is 23.2 Å². The Bertz CT molecular complexity index is 529. The maximum atomic E-state index is 11.9. The van der Waals surface area contributed by atoms with Crippen molar-refractivity contribution in [2.75, 3.05) is 14.2 Å². The lowest BCUT2D eigenvalue weighted by atomic mass is 10.1. The van der Waals surface area contributed by atoms with Crippen LogP contribution in [0.5, 0.6) is 11.5 Å². The first-order valence-corrected chi connectivity index (χ1v) is 10.0. The summed E-state index contributed by atoms with van der Waals surface area (Å²) in [6.07, 6.45) is 1.31. The Morgan fingerprint density at radius 2 is 1.57 bits per heavy atom. The summed E-state index contributed by atoms with van der Waals surface area (Å²) in [4.78, 5) is 11.9. The fourth-order valence-corrected chi connectivity index (χ4v) is 4.49. The molecule has 0 heterocycles. The zero-order valence-electron chi connectivity index (χ0n) is 14.2. The molecule has 0 aliphatic heterocycles. The van der Waals surface area contributed by atoms with Crippen molar-refractivity contribution < 1.29 is 14.3 Å². The van der Waals surface area contributed by atoms with Gasteiger partial charge in [0, 0.05) is 10.8 Å². The van der Waals surface area contributed by atoms with Crippen LogP contribution in [-0.4, -0.2) is 28.1 Å². The molecule has 0 saturated carbocycles. The van der Waals surface area contributed by atoms with E-state index in [-0.39, 0.29) is 10.8 Å². The fourth-order valence-electron chi connectivity index (χ4n) is 2.16. The normalized spacial score (nSPS) is 12.0. The third-order valence-electron chi connectivity index (χ3n) is 4.48. The van der Waals surface area contributed by atoms with Gasteiger partial charge in [-0.15, -0.1) is 0 Å². The van der Waals surface area contributed by atoms with E-state index < -0.39 is 8.07 Å². The summed E-state index contributed by atoms with van der Waals surface area (Å²) in [5, 5.41) is 1.25. The molecule has 0 aromatic heterocycles. The average Bonchev–Trinajstić information content (AvgIpc) is 2.43. The van der Waals surface area contributed by atoms with Gasteiger partial charge in [0.1, 0.15) is 11.5 Å². The Kier molecular flexibility index (Phi) is 5.05. The van der Waals surface area contributed by atoms with Crippen molar-refractivity contribution in [1.82, 2.24) is 0 Å². The molecule has 0 unspecified atom stereocenters. The number of methoxy groups -OCH3 is 2. The minimum atomic E-state index is -1.87. The van der Waals surface area contributed by atoms with Crippen LogP contribution in [0.2, 0.25) is 18.1 Å². The molecule has 4 heteroatoms. The standard InChI is InChI=1S/C17H26O3Si/c1-9-13(18)12-10-14(19-5)16(15(11-12)20-6)21(7,8)17(2,3)4/h9-11H,1H2,2-8H3. The van der Waals surface area contributed by atoms with Gasteiger partial charge in [-0.25, -0.2) is 0 Å². The van der Waals surface area contributed by atoms with Crippen LogP contribution < -0.4 is 14.7 Å². The largest absolute Gasteiger partial charge is 0.497 e. The summed E-state index contributed by atoms with van der Waals surface area (Å²) in [6, 6.07) is 3.59. The van der Waals surface area contributed by atoms with Gasteiger partial charge in [0.2, 0.25) is 0 Å². The van der Waals surface area contributed by atoms with Crippen molar-refractivity contribution in [3.8, 4) is 11.5 Å². The highest BCUT2D eigenvalue weighted by atomic mass is 28.3. The van der Waals surface area contributed by atoms with Gasteiger partial charge in [-0.1, -0.05) is 40.4 Å². The molecule has 0 saturated heterocycles. The topological polar surface area (TPSA) is 35.5 Å². The van der Waals surface area contributed by atoms with Crippen molar-refractivity contribution in [3.05, 3.63) is 30.4 Å². The molecule has 1 aromatic carbocycles. The predicted octanol–water partition coefficient (Wildman–Crippen LogP) is 3.79. The predicted molar refractivity (Wildman–Crippen MR) is 90.9 cm³/mol. The van der Waals surface area contributed by atoms with Crippen LogP contribution in [0, 0.1) is 0 Å². The van der Waals surface area contributed by atoms with Gasteiger partial charge < -0.3 is 9.47 Å². The van der Waals surface area contributed by atoms with Crippen LogP contribution in [0.1, 0.15) is 31.1 Å². The number of benzene rings is 1. The Hall–Kier alpha value is -1.55. The smallest absolute Gasteiger partial charge is 0.185 e. The first-order chi connectivity index (χ1) is 9.60. The summed E-state index contributed by atoms with van der Waals surface area (Å²) >= 11 is 0. The van der Waals surface area contributed by atoms with E-state index in [0.717, 1.165) is 16.7 Å². The summed E-state index contributed by atoms with van der Waals surface area (Å²) in [7, 11) is 1.40. The molecule has 0 aliphatic rings. The first-order valence-electron chi connectivity index (χ1n) is 7.03. The lowest BCUT2D eigenvalue weighted by Gasteiger charge is -2.39. The van der Waals surface area contributed by atoms with Crippen molar-refractivity contribution in [3.63, 3.8) is 0 Å². The van der Waals surface area contributed by atoms with E-state index >= 15 is 0 Å². The molecule has 0 spiro atoms. The van der Waals surface area contributed by atoms with E-state index in [9.17, 15) is 4.79 Å². The number of hydrogen-bond acceptors (Lipinski definition) is 3. The molecule has 0 atom stereocenters. The van der Waals surface area contributed by atoms with Gasteiger partial charge in [0.05, 0.1) is 22.3 Å². The van der Waals surface area contributed by atoms with Crippen LogP contribution >= 0.6 is 0 Å². The Labute approximate surface area is 129 Å². The maximum absolute atomic E-state index is 11.9. The van der Waals surface area contributed by atoms with Crippen molar-refractivity contribution in [2.24, 2.45) is 0 Å². The highest BCUT2D eigenvalue weighted by molar-refractivity contribution is 6.93. The number of rotatable bonds is 5. The molecule has 3 nitrogen and oxygen atoms in total. The molecule has 21 heavy (non-hydrogen) atoms. The van der Waals surface area contributed by atoms with E-state index in [0.29, 0.717) is 5.56 Å². The Morgan fingerprint density at radius 3 is 1.86 bits per heavy atom. The third kappa shape index (κ3) is 3.21. The summed E-state index contributed by atoms with van der Waals surface area (Å²) in [6.45, 7) is 14.8. The second-order valence-electron chi connectivity index (χ2n) is 6.70. The number of carbonyl (C=O) groups excluding carboxylic acids is 1. The number of hydrogen-bond donors (Lipinski definition) is 0. The third-order valence-corrected chi connectivity index (χ3v) is 9.97. The number of allylic oxidation sites excluding steroid dienone is 1. The van der Waals surface area contributed by atoms with Gasteiger partial charge in [-0.2, -0.15) is 0 Å².